The van der Waals surface area contributed by atoms with Crippen molar-refractivity contribution in [2.24, 2.45) is 5.92 Å². The zero-order chi connectivity index (χ0) is 23.0. The Kier molecular flexibility index (Phi) is 6.74. The SMILES string of the molecule is Cc1ccc(F)c(N2CC3(CCC(CNc4ccn(-c5ccccc5F)n4)CC3)OC2=O)n1.Cl. The summed E-state index contributed by atoms with van der Waals surface area (Å²) in [4.78, 5) is 18.0. The molecule has 1 spiro atoms. The summed E-state index contributed by atoms with van der Waals surface area (Å²) >= 11 is 0. The summed E-state index contributed by atoms with van der Waals surface area (Å²) in [5.41, 5.74) is 0.447. The summed E-state index contributed by atoms with van der Waals surface area (Å²) in [6.45, 7) is 2.79. The second kappa shape index (κ2) is 9.58. The van der Waals surface area contributed by atoms with Crippen LogP contribution >= 0.6 is 12.4 Å². The van der Waals surface area contributed by atoms with Crippen molar-refractivity contribution in [3.8, 4) is 5.69 Å². The highest BCUT2D eigenvalue weighted by Crippen LogP contribution is 2.41. The van der Waals surface area contributed by atoms with Crippen molar-refractivity contribution in [2.75, 3.05) is 23.3 Å². The number of carbonyl (C=O) groups excluding carboxylic acids is 1. The molecule has 3 heterocycles. The number of hydrogen-bond donors (Lipinski definition) is 1. The van der Waals surface area contributed by atoms with Gasteiger partial charge in [0.2, 0.25) is 0 Å². The number of para-hydroxylation sites is 1. The highest BCUT2D eigenvalue weighted by Gasteiger charge is 2.48. The van der Waals surface area contributed by atoms with Gasteiger partial charge in [-0.15, -0.1) is 12.4 Å². The predicted molar refractivity (Wildman–Crippen MR) is 127 cm³/mol. The summed E-state index contributed by atoms with van der Waals surface area (Å²) in [6.07, 6.45) is 4.33. The quantitative estimate of drug-likeness (QED) is 0.528. The van der Waals surface area contributed by atoms with E-state index in [1.54, 1.807) is 37.4 Å². The van der Waals surface area contributed by atoms with E-state index in [2.05, 4.69) is 15.4 Å². The molecular weight excluding hydrogens is 464 g/mol. The summed E-state index contributed by atoms with van der Waals surface area (Å²) in [6, 6.07) is 11.2. The second-order valence-corrected chi connectivity index (χ2v) is 8.82. The van der Waals surface area contributed by atoms with Crippen molar-refractivity contribution in [3.63, 3.8) is 0 Å². The number of amides is 1. The molecule has 1 aliphatic heterocycles. The number of aromatic nitrogens is 3. The normalized spacial score (nSPS) is 21.9. The van der Waals surface area contributed by atoms with Crippen molar-refractivity contribution >= 4 is 30.1 Å². The molecular formula is C24H26ClF2N5O2. The highest BCUT2D eigenvalue weighted by atomic mass is 35.5. The van der Waals surface area contributed by atoms with Gasteiger partial charge >= 0.3 is 6.09 Å². The maximum atomic E-state index is 14.3. The standard InChI is InChI=1S/C24H25F2N5O2.ClH/c1-16-6-7-19(26)22(28-16)30-15-24(33-23(30)32)11-8-17(9-12-24)14-27-21-10-13-31(29-21)20-5-3-2-4-18(20)25;/h2-7,10,13,17H,8-9,11-12,14-15H2,1H3,(H,27,29);1H. The third-order valence-corrected chi connectivity index (χ3v) is 6.47. The molecule has 1 aliphatic carbocycles. The first-order chi connectivity index (χ1) is 15.9. The van der Waals surface area contributed by atoms with E-state index >= 15 is 0 Å². The Balaban J connectivity index is 0.00000274. The van der Waals surface area contributed by atoms with Crippen molar-refractivity contribution in [1.29, 1.82) is 0 Å². The van der Waals surface area contributed by atoms with Gasteiger partial charge in [0.05, 0.1) is 6.54 Å². The third-order valence-electron chi connectivity index (χ3n) is 6.47. The lowest BCUT2D eigenvalue weighted by Gasteiger charge is -2.35. The van der Waals surface area contributed by atoms with Gasteiger partial charge in [-0.3, -0.25) is 4.90 Å². The fourth-order valence-corrected chi connectivity index (χ4v) is 4.61. The van der Waals surface area contributed by atoms with E-state index in [0.717, 1.165) is 19.4 Å². The van der Waals surface area contributed by atoms with Crippen LogP contribution in [0.5, 0.6) is 0 Å². The van der Waals surface area contributed by atoms with E-state index in [1.165, 1.54) is 21.7 Å². The summed E-state index contributed by atoms with van der Waals surface area (Å²) < 4.78 is 35.5. The molecule has 1 saturated carbocycles. The summed E-state index contributed by atoms with van der Waals surface area (Å²) in [7, 11) is 0. The molecule has 10 heteroatoms. The summed E-state index contributed by atoms with van der Waals surface area (Å²) in [5.74, 6) is 0.243. The molecule has 2 aromatic heterocycles. The zero-order valence-electron chi connectivity index (χ0n) is 18.7. The van der Waals surface area contributed by atoms with Gasteiger partial charge in [0.25, 0.3) is 0 Å². The highest BCUT2D eigenvalue weighted by molar-refractivity contribution is 5.89. The van der Waals surface area contributed by atoms with E-state index in [0.29, 0.717) is 42.5 Å². The van der Waals surface area contributed by atoms with Crippen LogP contribution < -0.4 is 10.2 Å². The number of nitrogens with one attached hydrogen (secondary N) is 1. The van der Waals surface area contributed by atoms with Crippen molar-refractivity contribution in [1.82, 2.24) is 14.8 Å². The number of ether oxygens (including phenoxy) is 1. The number of benzene rings is 1. The molecule has 1 saturated heterocycles. The number of nitrogens with zero attached hydrogens (tertiary/aromatic N) is 4. The number of rotatable bonds is 5. The Morgan fingerprint density at radius 2 is 1.88 bits per heavy atom. The topological polar surface area (TPSA) is 72.3 Å². The van der Waals surface area contributed by atoms with Crippen molar-refractivity contribution in [2.45, 2.75) is 38.2 Å². The van der Waals surface area contributed by atoms with Gasteiger partial charge < -0.3 is 10.1 Å². The maximum absolute atomic E-state index is 14.3. The van der Waals surface area contributed by atoms with E-state index in [-0.39, 0.29) is 24.0 Å². The molecule has 7 nitrogen and oxygen atoms in total. The lowest BCUT2D eigenvalue weighted by atomic mass is 9.78. The van der Waals surface area contributed by atoms with Gasteiger partial charge in [-0.1, -0.05) is 12.1 Å². The molecule has 34 heavy (non-hydrogen) atoms. The van der Waals surface area contributed by atoms with Crippen molar-refractivity contribution in [3.05, 3.63) is 66.0 Å². The zero-order valence-corrected chi connectivity index (χ0v) is 19.5. The van der Waals surface area contributed by atoms with Crippen LogP contribution in [-0.4, -0.2) is 39.5 Å². The first kappa shape index (κ1) is 23.9. The number of pyridine rings is 1. The minimum absolute atomic E-state index is 0. The van der Waals surface area contributed by atoms with Crippen LogP contribution in [0.15, 0.2) is 48.7 Å². The molecule has 0 bridgehead atoms. The Morgan fingerprint density at radius 1 is 1.12 bits per heavy atom. The van der Waals surface area contributed by atoms with E-state index in [1.807, 2.05) is 6.07 Å². The predicted octanol–water partition coefficient (Wildman–Crippen LogP) is 5.27. The van der Waals surface area contributed by atoms with Crippen LogP contribution in [0.3, 0.4) is 0 Å². The minimum Gasteiger partial charge on any atom is -0.441 e. The number of anilines is 2. The smallest absolute Gasteiger partial charge is 0.416 e. The molecule has 5 rings (SSSR count). The Hall–Kier alpha value is -3.20. The number of hydrogen-bond acceptors (Lipinski definition) is 5. The Morgan fingerprint density at radius 3 is 2.65 bits per heavy atom. The largest absolute Gasteiger partial charge is 0.441 e. The molecule has 1 aromatic carbocycles. The van der Waals surface area contributed by atoms with Gasteiger partial charge in [0.15, 0.2) is 11.6 Å². The fraction of sp³-hybridized carbons (Fsp3) is 0.375. The first-order valence-electron chi connectivity index (χ1n) is 11.1. The minimum atomic E-state index is -0.599. The Labute approximate surface area is 202 Å². The number of halogens is 3. The summed E-state index contributed by atoms with van der Waals surface area (Å²) in [5, 5.41) is 7.74. The van der Waals surface area contributed by atoms with E-state index in [9.17, 15) is 13.6 Å². The van der Waals surface area contributed by atoms with Crippen LogP contribution in [0.25, 0.3) is 5.69 Å². The lowest BCUT2D eigenvalue weighted by Crippen LogP contribution is -2.40. The molecule has 0 atom stereocenters. The van der Waals surface area contributed by atoms with Gasteiger partial charge in [-0.25, -0.2) is 23.2 Å². The fourth-order valence-electron chi connectivity index (χ4n) is 4.61. The van der Waals surface area contributed by atoms with Gasteiger partial charge in [-0.05, 0) is 62.8 Å². The second-order valence-electron chi connectivity index (χ2n) is 8.82. The Bertz CT molecular complexity index is 1180. The molecule has 180 valence electrons. The molecule has 2 aliphatic rings. The lowest BCUT2D eigenvalue weighted by molar-refractivity contribution is 0.0148. The van der Waals surface area contributed by atoms with Crippen LogP contribution in [0.1, 0.15) is 31.4 Å². The van der Waals surface area contributed by atoms with Gasteiger partial charge in [0.1, 0.15) is 22.9 Å². The molecule has 0 radical (unpaired) electrons. The van der Waals surface area contributed by atoms with E-state index in [4.69, 9.17) is 4.74 Å². The first-order valence-corrected chi connectivity index (χ1v) is 11.1. The molecule has 2 fully saturated rings. The molecule has 1 N–H and O–H groups in total. The van der Waals surface area contributed by atoms with Crippen LogP contribution in [-0.2, 0) is 4.74 Å². The van der Waals surface area contributed by atoms with Crippen molar-refractivity contribution < 1.29 is 18.3 Å². The van der Waals surface area contributed by atoms with Crippen LogP contribution in [0.2, 0.25) is 0 Å². The van der Waals surface area contributed by atoms with Gasteiger partial charge in [-0.2, -0.15) is 5.10 Å². The van der Waals surface area contributed by atoms with Crippen LogP contribution in [0.4, 0.5) is 25.2 Å². The van der Waals surface area contributed by atoms with E-state index < -0.39 is 17.5 Å². The molecule has 1 amide bonds. The maximum Gasteiger partial charge on any atom is 0.416 e. The van der Waals surface area contributed by atoms with Gasteiger partial charge in [0, 0.05) is 24.5 Å². The third kappa shape index (κ3) is 4.70. The number of carbonyl (C=O) groups is 1. The molecule has 3 aromatic rings. The average Bonchev–Trinajstić information content (AvgIpc) is 3.40. The average molecular weight is 490 g/mol. The monoisotopic (exact) mass is 489 g/mol. The van der Waals surface area contributed by atoms with Crippen LogP contribution in [0, 0.1) is 24.5 Å². The molecule has 0 unspecified atom stereocenters. The number of aryl methyl sites for hydroxylation is 1.